The molecule has 102 valence electrons. The zero-order valence-electron chi connectivity index (χ0n) is 11.6. The van der Waals surface area contributed by atoms with Crippen LogP contribution >= 0.6 is 0 Å². The van der Waals surface area contributed by atoms with E-state index in [2.05, 4.69) is 6.92 Å². The number of nitrogens with two attached hydrogens (primary N) is 1. The van der Waals surface area contributed by atoms with Gasteiger partial charge in [0, 0.05) is 19.3 Å². The summed E-state index contributed by atoms with van der Waals surface area (Å²) in [5, 5.41) is 0. The van der Waals surface area contributed by atoms with Gasteiger partial charge in [-0.25, -0.2) is 0 Å². The molecule has 0 heterocycles. The molecule has 0 saturated heterocycles. The van der Waals surface area contributed by atoms with Crippen molar-refractivity contribution in [1.82, 2.24) is 0 Å². The van der Waals surface area contributed by atoms with Gasteiger partial charge >= 0.3 is 0 Å². The second-order valence-corrected chi connectivity index (χ2v) is 5.52. The molecule has 0 radical (unpaired) electrons. The van der Waals surface area contributed by atoms with E-state index in [0.717, 1.165) is 19.1 Å². The highest BCUT2D eigenvalue weighted by Crippen LogP contribution is 2.26. The van der Waals surface area contributed by atoms with Gasteiger partial charge in [-0.2, -0.15) is 0 Å². The number of hydrogen-bond acceptors (Lipinski definition) is 2. The Kier molecular flexibility index (Phi) is 8.72. The first kappa shape index (κ1) is 15.0. The molecular weight excluding hydrogens is 210 g/mol. The van der Waals surface area contributed by atoms with Crippen LogP contribution in [-0.4, -0.2) is 19.3 Å². The Bertz CT molecular complexity index is 172. The fraction of sp³-hybridized carbons (Fsp3) is 1.00. The van der Waals surface area contributed by atoms with Crippen LogP contribution in [0.2, 0.25) is 0 Å². The predicted octanol–water partition coefficient (Wildman–Crippen LogP) is 3.88. The van der Waals surface area contributed by atoms with Crippen LogP contribution < -0.4 is 5.73 Å². The van der Waals surface area contributed by atoms with Crippen LogP contribution in [0.5, 0.6) is 0 Å². The summed E-state index contributed by atoms with van der Waals surface area (Å²) >= 11 is 0. The van der Waals surface area contributed by atoms with Crippen molar-refractivity contribution in [3.63, 3.8) is 0 Å². The molecule has 2 heteroatoms. The Morgan fingerprint density at radius 1 is 1.00 bits per heavy atom. The van der Waals surface area contributed by atoms with E-state index in [1.54, 1.807) is 0 Å². The highest BCUT2D eigenvalue weighted by molar-refractivity contribution is 4.79. The lowest BCUT2D eigenvalue weighted by Crippen LogP contribution is -2.25. The molecule has 17 heavy (non-hydrogen) atoms. The van der Waals surface area contributed by atoms with Crippen LogP contribution in [0, 0.1) is 5.92 Å². The van der Waals surface area contributed by atoms with E-state index < -0.39 is 0 Å². The molecule has 0 aromatic rings. The van der Waals surface area contributed by atoms with E-state index in [4.69, 9.17) is 10.5 Å². The largest absolute Gasteiger partial charge is 0.381 e. The van der Waals surface area contributed by atoms with Crippen LogP contribution in [0.25, 0.3) is 0 Å². The summed E-state index contributed by atoms with van der Waals surface area (Å²) in [6.45, 7) is 4.14. The molecule has 0 amide bonds. The summed E-state index contributed by atoms with van der Waals surface area (Å²) < 4.78 is 5.69. The third kappa shape index (κ3) is 7.05. The zero-order chi connectivity index (χ0) is 12.3. The van der Waals surface area contributed by atoms with E-state index in [-0.39, 0.29) is 0 Å². The average molecular weight is 241 g/mol. The van der Waals surface area contributed by atoms with Crippen molar-refractivity contribution in [2.45, 2.75) is 77.2 Å². The molecule has 1 aliphatic rings. The summed E-state index contributed by atoms with van der Waals surface area (Å²) in [4.78, 5) is 0. The lowest BCUT2D eigenvalue weighted by Gasteiger charge is -2.14. The average Bonchev–Trinajstić information content (AvgIpc) is 2.73. The third-order valence-corrected chi connectivity index (χ3v) is 3.99. The molecule has 0 spiro atoms. The highest BCUT2D eigenvalue weighted by atomic mass is 16.5. The van der Waals surface area contributed by atoms with Crippen LogP contribution in [-0.2, 0) is 4.74 Å². The highest BCUT2D eigenvalue weighted by Gasteiger charge is 2.22. The topological polar surface area (TPSA) is 35.2 Å². The first-order chi connectivity index (χ1) is 8.34. The van der Waals surface area contributed by atoms with Gasteiger partial charge in [-0.1, -0.05) is 45.4 Å². The van der Waals surface area contributed by atoms with E-state index in [9.17, 15) is 0 Å². The van der Waals surface area contributed by atoms with E-state index in [0.29, 0.717) is 6.04 Å². The summed E-state index contributed by atoms with van der Waals surface area (Å²) in [5.74, 6) is 0.736. The normalized spacial score (nSPS) is 24.4. The molecule has 0 aliphatic heterocycles. The van der Waals surface area contributed by atoms with Crippen LogP contribution in [0.3, 0.4) is 0 Å². The smallest absolute Gasteiger partial charge is 0.0469 e. The maximum absolute atomic E-state index is 6.03. The van der Waals surface area contributed by atoms with Gasteiger partial charge in [0.1, 0.15) is 0 Å². The second-order valence-electron chi connectivity index (χ2n) is 5.52. The maximum Gasteiger partial charge on any atom is 0.0469 e. The van der Waals surface area contributed by atoms with Crippen molar-refractivity contribution in [2.75, 3.05) is 13.2 Å². The van der Waals surface area contributed by atoms with Gasteiger partial charge in [-0.3, -0.25) is 0 Å². The van der Waals surface area contributed by atoms with Gasteiger partial charge in [-0.05, 0) is 31.6 Å². The minimum atomic E-state index is 0.452. The molecule has 0 aromatic heterocycles. The molecule has 1 fully saturated rings. The van der Waals surface area contributed by atoms with Crippen molar-refractivity contribution in [3.8, 4) is 0 Å². The van der Waals surface area contributed by atoms with Gasteiger partial charge in [0.15, 0.2) is 0 Å². The van der Waals surface area contributed by atoms with Gasteiger partial charge in [0.25, 0.3) is 0 Å². The predicted molar refractivity (Wildman–Crippen MR) is 74.1 cm³/mol. The SMILES string of the molecule is CCCCCCCCOCCC1CCCC1N. The summed E-state index contributed by atoms with van der Waals surface area (Å²) in [6.07, 6.45) is 13.1. The molecule has 1 saturated carbocycles. The maximum atomic E-state index is 6.03. The number of unbranched alkanes of at least 4 members (excludes halogenated alkanes) is 5. The molecule has 1 rings (SSSR count). The molecule has 2 N–H and O–H groups in total. The van der Waals surface area contributed by atoms with Crippen molar-refractivity contribution < 1.29 is 4.74 Å². The van der Waals surface area contributed by atoms with Gasteiger partial charge in [0.05, 0.1) is 0 Å². The molecule has 2 atom stereocenters. The number of ether oxygens (including phenoxy) is 1. The quantitative estimate of drug-likeness (QED) is 0.589. The summed E-state index contributed by atoms with van der Waals surface area (Å²) in [7, 11) is 0. The summed E-state index contributed by atoms with van der Waals surface area (Å²) in [6, 6.07) is 0.452. The molecule has 2 nitrogen and oxygen atoms in total. The lowest BCUT2D eigenvalue weighted by atomic mass is 10.0. The number of hydrogen-bond donors (Lipinski definition) is 1. The third-order valence-electron chi connectivity index (χ3n) is 3.99. The minimum absolute atomic E-state index is 0.452. The first-order valence-electron chi connectivity index (χ1n) is 7.68. The molecule has 0 aromatic carbocycles. The second kappa shape index (κ2) is 9.90. The standard InChI is InChI=1S/C15H31NO/c1-2-3-4-5-6-7-12-17-13-11-14-9-8-10-15(14)16/h14-15H,2-13,16H2,1H3. The van der Waals surface area contributed by atoms with Crippen LogP contribution in [0.15, 0.2) is 0 Å². The zero-order valence-corrected chi connectivity index (χ0v) is 11.6. The van der Waals surface area contributed by atoms with Crippen LogP contribution in [0.1, 0.15) is 71.1 Å². The van der Waals surface area contributed by atoms with Gasteiger partial charge in [0.2, 0.25) is 0 Å². The Labute approximate surface area is 107 Å². The first-order valence-corrected chi connectivity index (χ1v) is 7.68. The number of rotatable bonds is 10. The van der Waals surface area contributed by atoms with Crippen molar-refractivity contribution >= 4 is 0 Å². The monoisotopic (exact) mass is 241 g/mol. The Balaban J connectivity index is 1.78. The molecule has 2 unspecified atom stereocenters. The lowest BCUT2D eigenvalue weighted by molar-refractivity contribution is 0.115. The fourth-order valence-corrected chi connectivity index (χ4v) is 2.75. The van der Waals surface area contributed by atoms with Crippen LogP contribution in [0.4, 0.5) is 0 Å². The van der Waals surface area contributed by atoms with Gasteiger partial charge < -0.3 is 10.5 Å². The Morgan fingerprint density at radius 2 is 1.76 bits per heavy atom. The molecular formula is C15H31NO. The van der Waals surface area contributed by atoms with Gasteiger partial charge in [-0.15, -0.1) is 0 Å². The van der Waals surface area contributed by atoms with E-state index in [1.807, 2.05) is 0 Å². The van der Waals surface area contributed by atoms with E-state index >= 15 is 0 Å². The minimum Gasteiger partial charge on any atom is -0.381 e. The fourth-order valence-electron chi connectivity index (χ4n) is 2.75. The van der Waals surface area contributed by atoms with Crippen molar-refractivity contribution in [1.29, 1.82) is 0 Å². The molecule has 1 aliphatic carbocycles. The Morgan fingerprint density at radius 3 is 2.47 bits per heavy atom. The van der Waals surface area contributed by atoms with E-state index in [1.165, 1.54) is 64.2 Å². The Hall–Kier alpha value is -0.0800. The molecule has 0 bridgehead atoms. The van der Waals surface area contributed by atoms with Crippen molar-refractivity contribution in [2.24, 2.45) is 11.7 Å². The summed E-state index contributed by atoms with van der Waals surface area (Å²) in [5.41, 5.74) is 6.03. The van der Waals surface area contributed by atoms with Crippen molar-refractivity contribution in [3.05, 3.63) is 0 Å².